The number of pyridine rings is 1. The Bertz CT molecular complexity index is 1100. The molecule has 0 radical (unpaired) electrons. The zero-order valence-corrected chi connectivity index (χ0v) is 14.6. The van der Waals surface area contributed by atoms with Crippen molar-refractivity contribution in [2.45, 2.75) is 26.7 Å². The number of rotatable bonds is 5. The van der Waals surface area contributed by atoms with Gasteiger partial charge in [-0.1, -0.05) is 32.0 Å². The topological polar surface area (TPSA) is 105 Å². The minimum atomic E-state index is -0.333. The van der Waals surface area contributed by atoms with Crippen LogP contribution < -0.4 is 5.69 Å². The summed E-state index contributed by atoms with van der Waals surface area (Å²) < 4.78 is 1.81. The van der Waals surface area contributed by atoms with Gasteiger partial charge in [-0.25, -0.2) is 19.6 Å². The van der Waals surface area contributed by atoms with E-state index in [4.69, 9.17) is 5.10 Å². The molecule has 0 aliphatic rings. The van der Waals surface area contributed by atoms with Crippen LogP contribution in [0.1, 0.15) is 31.3 Å². The molecule has 4 rings (SSSR count). The molecule has 3 heterocycles. The fraction of sp³-hybridized carbons (Fsp3) is 0.278. The Morgan fingerprint density at radius 1 is 1.19 bits per heavy atom. The number of hydrogen-bond donors (Lipinski definition) is 2. The predicted octanol–water partition coefficient (Wildman–Crippen LogP) is 2.02. The fourth-order valence-corrected chi connectivity index (χ4v) is 2.95. The van der Waals surface area contributed by atoms with Gasteiger partial charge in [-0.15, -0.1) is 0 Å². The van der Waals surface area contributed by atoms with Crippen LogP contribution in [-0.2, 0) is 12.8 Å². The van der Waals surface area contributed by atoms with E-state index >= 15 is 0 Å². The molecule has 0 saturated carbocycles. The summed E-state index contributed by atoms with van der Waals surface area (Å²) in [5.74, 6) is 2.44. The Balaban J connectivity index is 1.85. The molecule has 3 aromatic heterocycles. The summed E-state index contributed by atoms with van der Waals surface area (Å²) in [6.45, 7) is 4.26. The lowest BCUT2D eigenvalue weighted by Gasteiger charge is -2.08. The number of aromatic nitrogens is 7. The van der Waals surface area contributed by atoms with Gasteiger partial charge in [0.15, 0.2) is 5.82 Å². The molecule has 0 spiro atoms. The Morgan fingerprint density at radius 2 is 2.04 bits per heavy atom. The normalized spacial score (nSPS) is 11.5. The summed E-state index contributed by atoms with van der Waals surface area (Å²) in [5.41, 5.74) is 1.38. The Labute approximate surface area is 149 Å². The summed E-state index contributed by atoms with van der Waals surface area (Å²) in [4.78, 5) is 23.2. The van der Waals surface area contributed by atoms with Crippen LogP contribution in [0.25, 0.3) is 16.6 Å². The van der Waals surface area contributed by atoms with E-state index in [0.29, 0.717) is 24.0 Å². The molecule has 0 saturated heterocycles. The molecule has 8 nitrogen and oxygen atoms in total. The Hall–Kier alpha value is -3.29. The van der Waals surface area contributed by atoms with Gasteiger partial charge < -0.3 is 0 Å². The van der Waals surface area contributed by atoms with Crippen LogP contribution in [-0.4, -0.2) is 34.9 Å². The lowest BCUT2D eigenvalue weighted by atomic mass is 10.1. The van der Waals surface area contributed by atoms with Crippen molar-refractivity contribution < 1.29 is 0 Å². The predicted molar refractivity (Wildman–Crippen MR) is 97.2 cm³/mol. The fourth-order valence-electron chi connectivity index (χ4n) is 2.95. The van der Waals surface area contributed by atoms with Gasteiger partial charge in [-0.05, 0) is 18.1 Å². The molecular formula is C18H19N7O. The lowest BCUT2D eigenvalue weighted by Crippen LogP contribution is -2.07. The third kappa shape index (κ3) is 3.13. The molecule has 1 aromatic carbocycles. The number of fused-ring (bicyclic) bond motifs is 1. The molecule has 0 amide bonds. The number of aromatic amines is 2. The van der Waals surface area contributed by atoms with E-state index in [-0.39, 0.29) is 5.69 Å². The van der Waals surface area contributed by atoms with Crippen LogP contribution in [0.5, 0.6) is 0 Å². The van der Waals surface area contributed by atoms with Crippen LogP contribution in [0.4, 0.5) is 0 Å². The van der Waals surface area contributed by atoms with Gasteiger partial charge in [-0.3, -0.25) is 9.97 Å². The highest BCUT2D eigenvalue weighted by atomic mass is 16.1. The maximum absolute atomic E-state index is 11.3. The van der Waals surface area contributed by atoms with Crippen molar-refractivity contribution in [3.05, 3.63) is 64.5 Å². The third-order valence-electron chi connectivity index (χ3n) is 4.02. The monoisotopic (exact) mass is 349 g/mol. The summed E-state index contributed by atoms with van der Waals surface area (Å²) in [5, 5.41) is 12.1. The van der Waals surface area contributed by atoms with Crippen LogP contribution >= 0.6 is 0 Å². The second-order valence-electron chi connectivity index (χ2n) is 6.61. The molecule has 0 unspecified atom stereocenters. The number of nitrogens with zero attached hydrogens (tertiary/aromatic N) is 5. The molecule has 0 atom stereocenters. The van der Waals surface area contributed by atoms with E-state index in [2.05, 4.69) is 39.0 Å². The summed E-state index contributed by atoms with van der Waals surface area (Å²) in [7, 11) is 0. The number of H-pyrrole nitrogens is 2. The van der Waals surface area contributed by atoms with Gasteiger partial charge in [0.2, 0.25) is 0 Å². The van der Waals surface area contributed by atoms with Gasteiger partial charge in [0.05, 0.1) is 17.6 Å². The van der Waals surface area contributed by atoms with Gasteiger partial charge in [0.25, 0.3) is 0 Å². The highest BCUT2D eigenvalue weighted by Crippen LogP contribution is 2.21. The minimum Gasteiger partial charge on any atom is -0.293 e. The number of benzene rings is 1. The van der Waals surface area contributed by atoms with E-state index in [1.807, 2.05) is 30.3 Å². The first-order chi connectivity index (χ1) is 12.6. The van der Waals surface area contributed by atoms with E-state index in [1.54, 1.807) is 10.9 Å². The average Bonchev–Trinajstić information content (AvgIpc) is 3.20. The highest BCUT2D eigenvalue weighted by Gasteiger charge is 2.16. The minimum absolute atomic E-state index is 0.333. The average molecular weight is 349 g/mol. The maximum atomic E-state index is 11.3. The smallest absolute Gasteiger partial charge is 0.293 e. The first-order valence-electron chi connectivity index (χ1n) is 8.52. The second kappa shape index (κ2) is 6.55. The SMILES string of the molecule is CC(C)Cc1nc(Cc2n[nH]c(=O)[nH]2)n(-c2cccc3cccnc23)n1. The van der Waals surface area contributed by atoms with Gasteiger partial charge in [-0.2, -0.15) is 10.2 Å². The van der Waals surface area contributed by atoms with Crippen molar-refractivity contribution in [3.8, 4) is 5.69 Å². The van der Waals surface area contributed by atoms with E-state index in [1.165, 1.54) is 0 Å². The molecule has 2 N–H and O–H groups in total. The molecule has 0 fully saturated rings. The molecule has 0 aliphatic carbocycles. The number of nitrogens with one attached hydrogen (secondary N) is 2. The van der Waals surface area contributed by atoms with Crippen molar-refractivity contribution in [1.82, 2.24) is 34.9 Å². The molecule has 4 aromatic rings. The van der Waals surface area contributed by atoms with Gasteiger partial charge >= 0.3 is 5.69 Å². The van der Waals surface area contributed by atoms with Crippen molar-refractivity contribution in [1.29, 1.82) is 0 Å². The zero-order chi connectivity index (χ0) is 18.1. The zero-order valence-electron chi connectivity index (χ0n) is 14.6. The van der Waals surface area contributed by atoms with Crippen LogP contribution in [0.2, 0.25) is 0 Å². The molecule has 0 bridgehead atoms. The molecule has 8 heteroatoms. The second-order valence-corrected chi connectivity index (χ2v) is 6.61. The lowest BCUT2D eigenvalue weighted by molar-refractivity contribution is 0.619. The van der Waals surface area contributed by atoms with Crippen molar-refractivity contribution in [3.63, 3.8) is 0 Å². The first kappa shape index (κ1) is 16.2. The number of para-hydroxylation sites is 1. The van der Waals surface area contributed by atoms with Gasteiger partial charge in [0.1, 0.15) is 11.6 Å². The summed E-state index contributed by atoms with van der Waals surface area (Å²) in [6.07, 6.45) is 2.91. The van der Waals surface area contributed by atoms with E-state index in [0.717, 1.165) is 28.8 Å². The van der Waals surface area contributed by atoms with Crippen molar-refractivity contribution in [2.24, 2.45) is 5.92 Å². The third-order valence-corrected chi connectivity index (χ3v) is 4.02. The van der Waals surface area contributed by atoms with Crippen LogP contribution in [0.15, 0.2) is 41.3 Å². The standard InChI is InChI=1S/C18H19N7O/c1-11(2)9-15-20-16(10-14-21-18(26)23-22-14)25(24-15)13-7-3-5-12-6-4-8-19-17(12)13/h3-8,11H,9-10H2,1-2H3,(H2,21,22,23,26). The van der Waals surface area contributed by atoms with Crippen molar-refractivity contribution >= 4 is 10.9 Å². The van der Waals surface area contributed by atoms with Gasteiger partial charge in [0, 0.05) is 18.0 Å². The molecule has 26 heavy (non-hydrogen) atoms. The summed E-state index contributed by atoms with van der Waals surface area (Å²) >= 11 is 0. The maximum Gasteiger partial charge on any atom is 0.340 e. The first-order valence-corrected chi connectivity index (χ1v) is 8.52. The quantitative estimate of drug-likeness (QED) is 0.573. The largest absolute Gasteiger partial charge is 0.340 e. The molecular weight excluding hydrogens is 330 g/mol. The highest BCUT2D eigenvalue weighted by molar-refractivity contribution is 5.86. The molecule has 0 aliphatic heterocycles. The number of hydrogen-bond acceptors (Lipinski definition) is 5. The molecule has 132 valence electrons. The Kier molecular flexibility index (Phi) is 4.08. The van der Waals surface area contributed by atoms with Crippen molar-refractivity contribution in [2.75, 3.05) is 0 Å². The van der Waals surface area contributed by atoms with E-state index in [9.17, 15) is 4.79 Å². The Morgan fingerprint density at radius 3 is 2.81 bits per heavy atom. The summed E-state index contributed by atoms with van der Waals surface area (Å²) in [6, 6.07) is 9.89. The van der Waals surface area contributed by atoms with Crippen LogP contribution in [0.3, 0.4) is 0 Å². The van der Waals surface area contributed by atoms with E-state index < -0.39 is 0 Å². The van der Waals surface area contributed by atoms with Crippen LogP contribution in [0, 0.1) is 5.92 Å².